The second-order valence-corrected chi connectivity index (χ2v) is 3.76. The number of carbonyl (C=O) groups excluding carboxylic acids is 1. The maximum absolute atomic E-state index is 10.4. The van der Waals surface area contributed by atoms with Crippen LogP contribution in [-0.4, -0.2) is 13.4 Å². The first-order valence-corrected chi connectivity index (χ1v) is 5.20. The van der Waals surface area contributed by atoms with Crippen LogP contribution in [0.15, 0.2) is 24.3 Å². The molecule has 2 unspecified atom stereocenters. The van der Waals surface area contributed by atoms with E-state index >= 15 is 0 Å². The molecule has 0 aromatic heterocycles. The normalized spacial score (nSPS) is 13.6. The molecule has 1 aromatic carbocycles. The number of methoxy groups -OCH3 is 1. The Bertz CT molecular complexity index is 378. The van der Waals surface area contributed by atoms with E-state index in [9.17, 15) is 4.79 Å². The largest absolute Gasteiger partial charge is 0.497 e. The summed E-state index contributed by atoms with van der Waals surface area (Å²) in [4.78, 5) is 10.4. The maximum atomic E-state index is 10.4. The zero-order valence-electron chi connectivity index (χ0n) is 9.51. The van der Waals surface area contributed by atoms with Crippen LogP contribution in [0.4, 0.5) is 0 Å². The molecule has 0 amide bonds. The molecule has 0 bridgehead atoms. The highest BCUT2D eigenvalue weighted by atomic mass is 16.5. The first-order valence-electron chi connectivity index (χ1n) is 5.20. The van der Waals surface area contributed by atoms with Crippen LogP contribution >= 0.6 is 0 Å². The van der Waals surface area contributed by atoms with Gasteiger partial charge in [-0.15, -0.1) is 0 Å². The van der Waals surface area contributed by atoms with Crippen LogP contribution in [0.1, 0.15) is 24.8 Å². The fraction of sp³-hybridized carbons (Fsp3) is 0.385. The minimum absolute atomic E-state index is 0.0379. The monoisotopic (exact) mass is 217 g/mol. The molecule has 0 saturated heterocycles. The molecule has 2 atom stereocenters. The van der Waals surface area contributed by atoms with Gasteiger partial charge in [-0.25, -0.2) is 0 Å². The molecule has 3 nitrogen and oxygen atoms in total. The molecule has 84 valence electrons. The van der Waals surface area contributed by atoms with Crippen molar-refractivity contribution in [1.29, 1.82) is 5.26 Å². The van der Waals surface area contributed by atoms with Crippen LogP contribution < -0.4 is 4.74 Å². The van der Waals surface area contributed by atoms with Gasteiger partial charge in [-0.2, -0.15) is 5.26 Å². The van der Waals surface area contributed by atoms with Gasteiger partial charge in [0.2, 0.25) is 0 Å². The molecule has 16 heavy (non-hydrogen) atoms. The topological polar surface area (TPSA) is 50.1 Å². The lowest BCUT2D eigenvalue weighted by molar-refractivity contribution is -0.108. The van der Waals surface area contributed by atoms with Gasteiger partial charge in [-0.3, -0.25) is 0 Å². The first kappa shape index (κ1) is 12.3. The summed E-state index contributed by atoms with van der Waals surface area (Å²) in [6.07, 6.45) is 1.27. The van der Waals surface area contributed by atoms with Gasteiger partial charge in [0, 0.05) is 6.42 Å². The second kappa shape index (κ2) is 5.92. The summed E-state index contributed by atoms with van der Waals surface area (Å²) >= 11 is 0. The molecule has 0 aliphatic carbocycles. The number of aldehydes is 1. The smallest absolute Gasteiger partial charge is 0.120 e. The van der Waals surface area contributed by atoms with Crippen LogP contribution in [0, 0.1) is 17.2 Å². The number of benzene rings is 1. The standard InChI is InChI=1S/C13H15NO2/c1-10(7-8-15)13(9-14)11-3-5-12(16-2)6-4-11/h3-6,8,10,13H,7H2,1-2H3. The summed E-state index contributed by atoms with van der Waals surface area (Å²) in [6.45, 7) is 1.91. The lowest BCUT2D eigenvalue weighted by Gasteiger charge is -2.15. The summed E-state index contributed by atoms with van der Waals surface area (Å²) in [5, 5.41) is 9.11. The van der Waals surface area contributed by atoms with Gasteiger partial charge >= 0.3 is 0 Å². The summed E-state index contributed by atoms with van der Waals surface area (Å²) in [7, 11) is 1.60. The van der Waals surface area contributed by atoms with Gasteiger partial charge in [-0.05, 0) is 23.6 Å². The zero-order chi connectivity index (χ0) is 12.0. The van der Waals surface area contributed by atoms with Crippen LogP contribution in [-0.2, 0) is 4.79 Å². The fourth-order valence-corrected chi connectivity index (χ4v) is 1.63. The Kier molecular flexibility index (Phi) is 4.53. The SMILES string of the molecule is COc1ccc(C(C#N)C(C)CC=O)cc1. The summed E-state index contributed by atoms with van der Waals surface area (Å²) < 4.78 is 5.05. The summed E-state index contributed by atoms with van der Waals surface area (Å²) in [5.74, 6) is 0.565. The summed E-state index contributed by atoms with van der Waals surface area (Å²) in [6, 6.07) is 9.63. The third-order valence-corrected chi connectivity index (χ3v) is 2.65. The van der Waals surface area contributed by atoms with E-state index < -0.39 is 0 Å². The molecular formula is C13H15NO2. The average Bonchev–Trinajstić information content (AvgIpc) is 2.31. The molecule has 0 saturated carbocycles. The third kappa shape index (κ3) is 2.83. The Morgan fingerprint density at radius 1 is 1.44 bits per heavy atom. The first-order chi connectivity index (χ1) is 7.72. The van der Waals surface area contributed by atoms with Crippen molar-refractivity contribution >= 4 is 6.29 Å². The average molecular weight is 217 g/mol. The van der Waals surface area contributed by atoms with E-state index in [4.69, 9.17) is 10.00 Å². The van der Waals surface area contributed by atoms with E-state index in [0.717, 1.165) is 17.6 Å². The van der Waals surface area contributed by atoms with Gasteiger partial charge in [0.1, 0.15) is 12.0 Å². The van der Waals surface area contributed by atoms with E-state index in [1.54, 1.807) is 7.11 Å². The Labute approximate surface area is 95.7 Å². The van der Waals surface area contributed by atoms with Crippen LogP contribution in [0.3, 0.4) is 0 Å². The predicted molar refractivity (Wildman–Crippen MR) is 61.2 cm³/mol. The lowest BCUT2D eigenvalue weighted by Crippen LogP contribution is -2.08. The van der Waals surface area contributed by atoms with Gasteiger partial charge in [0.25, 0.3) is 0 Å². The number of nitriles is 1. The van der Waals surface area contributed by atoms with Crippen LogP contribution in [0.25, 0.3) is 0 Å². The van der Waals surface area contributed by atoms with Crippen molar-refractivity contribution in [2.45, 2.75) is 19.3 Å². The highest BCUT2D eigenvalue weighted by Crippen LogP contribution is 2.27. The third-order valence-electron chi connectivity index (χ3n) is 2.65. The Hall–Kier alpha value is -1.82. The summed E-state index contributed by atoms with van der Waals surface area (Å²) in [5.41, 5.74) is 0.928. The highest BCUT2D eigenvalue weighted by Gasteiger charge is 2.18. The molecular weight excluding hydrogens is 202 g/mol. The fourth-order valence-electron chi connectivity index (χ4n) is 1.63. The molecule has 0 aliphatic heterocycles. The molecule has 3 heteroatoms. The quantitative estimate of drug-likeness (QED) is 0.712. The minimum Gasteiger partial charge on any atom is -0.497 e. The zero-order valence-corrected chi connectivity index (χ0v) is 9.51. The van der Waals surface area contributed by atoms with Crippen molar-refractivity contribution in [3.63, 3.8) is 0 Å². The molecule has 1 rings (SSSR count). The second-order valence-electron chi connectivity index (χ2n) is 3.76. The Morgan fingerprint density at radius 3 is 2.50 bits per heavy atom. The van der Waals surface area contributed by atoms with Gasteiger partial charge in [0.05, 0.1) is 19.1 Å². The number of nitrogens with zero attached hydrogens (tertiary/aromatic N) is 1. The van der Waals surface area contributed by atoms with Crippen molar-refractivity contribution < 1.29 is 9.53 Å². The van der Waals surface area contributed by atoms with E-state index in [1.165, 1.54) is 0 Å². The number of hydrogen-bond donors (Lipinski definition) is 0. The molecule has 1 aromatic rings. The van der Waals surface area contributed by atoms with Crippen molar-refractivity contribution in [3.05, 3.63) is 29.8 Å². The number of hydrogen-bond acceptors (Lipinski definition) is 3. The van der Waals surface area contributed by atoms with Gasteiger partial charge in [0.15, 0.2) is 0 Å². The molecule has 0 fully saturated rings. The van der Waals surface area contributed by atoms with Gasteiger partial charge < -0.3 is 9.53 Å². The van der Waals surface area contributed by atoms with E-state index in [1.807, 2.05) is 31.2 Å². The van der Waals surface area contributed by atoms with E-state index in [0.29, 0.717) is 6.42 Å². The van der Waals surface area contributed by atoms with Gasteiger partial charge in [-0.1, -0.05) is 19.1 Å². The number of ether oxygens (including phenoxy) is 1. The lowest BCUT2D eigenvalue weighted by atomic mass is 9.87. The molecule has 0 N–H and O–H groups in total. The molecule has 0 radical (unpaired) electrons. The number of rotatable bonds is 5. The predicted octanol–water partition coefficient (Wildman–Crippen LogP) is 2.53. The molecule has 0 spiro atoms. The maximum Gasteiger partial charge on any atom is 0.120 e. The van der Waals surface area contributed by atoms with Crippen LogP contribution in [0.5, 0.6) is 5.75 Å². The molecule has 0 heterocycles. The van der Waals surface area contributed by atoms with Crippen LogP contribution in [0.2, 0.25) is 0 Å². The van der Waals surface area contributed by atoms with E-state index in [-0.39, 0.29) is 11.8 Å². The number of carbonyl (C=O) groups is 1. The minimum atomic E-state index is -0.240. The highest BCUT2D eigenvalue weighted by molar-refractivity contribution is 5.50. The Morgan fingerprint density at radius 2 is 2.06 bits per heavy atom. The van der Waals surface area contributed by atoms with Crippen molar-refractivity contribution in [1.82, 2.24) is 0 Å². The van der Waals surface area contributed by atoms with Crippen molar-refractivity contribution in [3.8, 4) is 11.8 Å². The van der Waals surface area contributed by atoms with E-state index in [2.05, 4.69) is 6.07 Å². The molecule has 0 aliphatic rings. The van der Waals surface area contributed by atoms with Crippen molar-refractivity contribution in [2.75, 3.05) is 7.11 Å². The Balaban J connectivity index is 2.87. The van der Waals surface area contributed by atoms with Crippen molar-refractivity contribution in [2.24, 2.45) is 5.92 Å².